The average molecular weight is 337 g/mol. The lowest BCUT2D eigenvalue weighted by Gasteiger charge is -2.40. The Bertz CT molecular complexity index is 314. The van der Waals surface area contributed by atoms with Gasteiger partial charge in [-0.2, -0.15) is 0 Å². The third-order valence-electron chi connectivity index (χ3n) is 4.21. The summed E-state index contributed by atoms with van der Waals surface area (Å²) in [5.41, 5.74) is 0. The maximum Gasteiger partial charge on any atom is 0.186 e. The highest BCUT2D eigenvalue weighted by atomic mass is 28.4. The van der Waals surface area contributed by atoms with Gasteiger partial charge in [0.05, 0.1) is 6.61 Å². The quantitative estimate of drug-likeness (QED) is 0.434. The monoisotopic (exact) mass is 336 g/mol. The van der Waals surface area contributed by atoms with Gasteiger partial charge in [0.2, 0.25) is 0 Å². The third-order valence-corrected chi connectivity index (χ3v) is 6.71. The maximum atomic E-state index is 10.1. The molecule has 1 fully saturated rings. The fourth-order valence-electron chi connectivity index (χ4n) is 2.67. The Kier molecular flexibility index (Phi) is 8.48. The summed E-state index contributed by atoms with van der Waals surface area (Å²) in [6, 6.07) is 1.06. The summed E-state index contributed by atoms with van der Waals surface area (Å²) in [4.78, 5) is 0. The van der Waals surface area contributed by atoms with Crippen molar-refractivity contribution in [3.05, 3.63) is 0 Å². The number of aliphatic hydroxyl groups excluding tert-OH is 3. The van der Waals surface area contributed by atoms with Gasteiger partial charge in [-0.05, 0) is 19.1 Å². The Morgan fingerprint density at radius 1 is 1.05 bits per heavy atom. The van der Waals surface area contributed by atoms with E-state index in [9.17, 15) is 15.3 Å². The lowest BCUT2D eigenvalue weighted by molar-refractivity contribution is -0.290. The molecule has 0 spiro atoms. The molecule has 6 nitrogen and oxygen atoms in total. The van der Waals surface area contributed by atoms with E-state index in [1.807, 2.05) is 0 Å². The molecule has 132 valence electrons. The van der Waals surface area contributed by atoms with Gasteiger partial charge in [0.15, 0.2) is 14.6 Å². The molecule has 0 bridgehead atoms. The molecule has 1 heterocycles. The molecular formula is C15H32O6Si. The van der Waals surface area contributed by atoms with Crippen LogP contribution in [-0.2, 0) is 13.9 Å². The van der Waals surface area contributed by atoms with Crippen LogP contribution >= 0.6 is 0 Å². The van der Waals surface area contributed by atoms with Gasteiger partial charge in [-0.15, -0.1) is 0 Å². The highest BCUT2D eigenvalue weighted by molar-refractivity contribution is 6.71. The summed E-state index contributed by atoms with van der Waals surface area (Å²) in [5, 5.41) is 29.8. The lowest BCUT2D eigenvalue weighted by Crippen LogP contribution is -2.59. The lowest BCUT2D eigenvalue weighted by atomic mass is 9.99. The largest absolute Gasteiger partial charge is 0.415 e. The van der Waals surface area contributed by atoms with Crippen LogP contribution in [0.5, 0.6) is 0 Å². The average Bonchev–Trinajstić information content (AvgIpc) is 2.46. The Morgan fingerprint density at radius 3 is 2.32 bits per heavy atom. The van der Waals surface area contributed by atoms with Crippen LogP contribution in [0.15, 0.2) is 0 Å². The molecule has 1 aliphatic heterocycles. The van der Waals surface area contributed by atoms with Crippen LogP contribution in [0.3, 0.4) is 0 Å². The highest BCUT2D eigenvalue weighted by Crippen LogP contribution is 2.24. The van der Waals surface area contributed by atoms with Crippen LogP contribution in [0.2, 0.25) is 19.1 Å². The molecule has 22 heavy (non-hydrogen) atoms. The summed E-state index contributed by atoms with van der Waals surface area (Å²) in [7, 11) is -0.464. The van der Waals surface area contributed by atoms with Crippen LogP contribution in [0, 0.1) is 0 Å². The summed E-state index contributed by atoms with van der Waals surface area (Å²) >= 11 is 0. The van der Waals surface area contributed by atoms with E-state index in [0.29, 0.717) is 0 Å². The Balaban J connectivity index is 2.42. The summed E-state index contributed by atoms with van der Waals surface area (Å²) in [6.07, 6.45) is -0.428. The van der Waals surface area contributed by atoms with Crippen molar-refractivity contribution in [1.82, 2.24) is 0 Å². The van der Waals surface area contributed by atoms with Crippen molar-refractivity contribution in [1.29, 1.82) is 0 Å². The smallest absolute Gasteiger partial charge is 0.186 e. The first-order chi connectivity index (χ1) is 10.3. The maximum absolute atomic E-state index is 10.1. The number of hydrogen-bond acceptors (Lipinski definition) is 6. The van der Waals surface area contributed by atoms with Crippen LogP contribution in [-0.4, -0.2) is 68.1 Å². The number of aliphatic hydroxyl groups is 3. The number of methoxy groups -OCH3 is 1. The van der Waals surface area contributed by atoms with Crippen molar-refractivity contribution in [2.45, 2.75) is 82.5 Å². The van der Waals surface area contributed by atoms with E-state index in [1.165, 1.54) is 26.4 Å². The number of ether oxygens (including phenoxy) is 2. The molecule has 0 amide bonds. The van der Waals surface area contributed by atoms with Gasteiger partial charge >= 0.3 is 0 Å². The molecule has 5 atom stereocenters. The van der Waals surface area contributed by atoms with Crippen molar-refractivity contribution in [3.63, 3.8) is 0 Å². The van der Waals surface area contributed by atoms with E-state index in [-0.39, 0.29) is 6.61 Å². The predicted octanol–water partition coefficient (Wildman–Crippen LogP) is 1.24. The summed E-state index contributed by atoms with van der Waals surface area (Å²) < 4.78 is 16.2. The fourth-order valence-corrected chi connectivity index (χ4v) is 4.53. The Hall–Kier alpha value is -0.0231. The third kappa shape index (κ3) is 5.88. The molecule has 0 aromatic carbocycles. The fraction of sp³-hybridized carbons (Fsp3) is 1.00. The normalized spacial score (nSPS) is 33.1. The van der Waals surface area contributed by atoms with Crippen molar-refractivity contribution in [2.75, 3.05) is 13.7 Å². The van der Waals surface area contributed by atoms with Crippen LogP contribution in [0.25, 0.3) is 0 Å². The first-order valence-electron chi connectivity index (χ1n) is 8.18. The Morgan fingerprint density at radius 2 is 1.73 bits per heavy atom. The molecule has 1 rings (SSSR count). The van der Waals surface area contributed by atoms with Gasteiger partial charge in [0.25, 0.3) is 0 Å². The van der Waals surface area contributed by atoms with Gasteiger partial charge < -0.3 is 29.2 Å². The van der Waals surface area contributed by atoms with Gasteiger partial charge in [0, 0.05) is 7.11 Å². The number of unbranched alkanes of at least 4 members (excludes halogenated alkanes) is 3. The molecule has 0 radical (unpaired) electrons. The molecule has 0 saturated carbocycles. The van der Waals surface area contributed by atoms with E-state index >= 15 is 0 Å². The minimum Gasteiger partial charge on any atom is -0.415 e. The molecule has 7 heteroatoms. The zero-order chi connectivity index (χ0) is 16.8. The van der Waals surface area contributed by atoms with Crippen molar-refractivity contribution in [3.8, 4) is 0 Å². The van der Waals surface area contributed by atoms with Gasteiger partial charge in [-0.1, -0.05) is 32.6 Å². The van der Waals surface area contributed by atoms with E-state index < -0.39 is 39.0 Å². The topological polar surface area (TPSA) is 88.4 Å². The minimum atomic E-state index is -1.82. The van der Waals surface area contributed by atoms with Gasteiger partial charge in [0.1, 0.15) is 24.4 Å². The molecule has 0 unspecified atom stereocenters. The highest BCUT2D eigenvalue weighted by Gasteiger charge is 2.44. The van der Waals surface area contributed by atoms with E-state index in [1.54, 1.807) is 0 Å². The van der Waals surface area contributed by atoms with Crippen molar-refractivity contribution in [2.24, 2.45) is 0 Å². The van der Waals surface area contributed by atoms with E-state index in [4.69, 9.17) is 13.9 Å². The molecule has 1 saturated heterocycles. The second kappa shape index (κ2) is 9.32. The first kappa shape index (κ1) is 20.0. The van der Waals surface area contributed by atoms with Gasteiger partial charge in [-0.25, -0.2) is 0 Å². The van der Waals surface area contributed by atoms with E-state index in [0.717, 1.165) is 12.5 Å². The van der Waals surface area contributed by atoms with Crippen LogP contribution in [0.1, 0.15) is 32.6 Å². The second-order valence-electron chi connectivity index (χ2n) is 6.63. The Labute approximate surface area is 134 Å². The molecule has 0 aromatic rings. The first-order valence-corrected chi connectivity index (χ1v) is 11.3. The molecular weight excluding hydrogens is 304 g/mol. The number of rotatable bonds is 9. The van der Waals surface area contributed by atoms with Crippen LogP contribution < -0.4 is 0 Å². The zero-order valence-corrected chi connectivity index (χ0v) is 15.2. The SMILES string of the molecule is CCCCCC[Si](C)(C)OC[C@H]1O[C@H](O)[C@H](OC)[C@@H](O)[C@@H]1O. The van der Waals surface area contributed by atoms with Crippen LogP contribution in [0.4, 0.5) is 0 Å². The summed E-state index contributed by atoms with van der Waals surface area (Å²) in [5.74, 6) is 0. The van der Waals surface area contributed by atoms with Gasteiger partial charge in [-0.3, -0.25) is 0 Å². The minimum absolute atomic E-state index is 0.179. The zero-order valence-electron chi connectivity index (χ0n) is 14.2. The van der Waals surface area contributed by atoms with Crippen molar-refractivity contribution < 1.29 is 29.2 Å². The predicted molar refractivity (Wildman–Crippen MR) is 86.1 cm³/mol. The standard InChI is InChI=1S/C15H32O6Si/c1-5-6-7-8-9-22(3,4)20-10-11-12(16)13(17)14(19-2)15(18)21-11/h11-18H,5-10H2,1-4H3/t11-,12-,13+,14-,15+/m1/s1. The molecule has 0 aromatic heterocycles. The van der Waals surface area contributed by atoms with Crippen molar-refractivity contribution >= 4 is 8.32 Å². The summed E-state index contributed by atoms with van der Waals surface area (Å²) in [6.45, 7) is 6.64. The van der Waals surface area contributed by atoms with E-state index in [2.05, 4.69) is 20.0 Å². The second-order valence-corrected chi connectivity index (χ2v) is 10.9. The molecule has 0 aliphatic carbocycles. The molecule has 3 N–H and O–H groups in total. The molecule has 1 aliphatic rings. The number of hydrogen-bond donors (Lipinski definition) is 3.